The van der Waals surface area contributed by atoms with Gasteiger partial charge >= 0.3 is 5.97 Å². The lowest BCUT2D eigenvalue weighted by molar-refractivity contribution is -0.115. The van der Waals surface area contributed by atoms with Crippen LogP contribution < -0.4 is 10.9 Å². The number of fused-ring (bicyclic) bond motifs is 2. The molecular formula is C28H35N3O4S2. The average Bonchev–Trinajstić information content (AvgIpc) is 3.21. The Hall–Kier alpha value is -2.65. The summed E-state index contributed by atoms with van der Waals surface area (Å²) in [5, 5.41) is 4.77. The van der Waals surface area contributed by atoms with Gasteiger partial charge in [0.05, 0.1) is 23.1 Å². The van der Waals surface area contributed by atoms with E-state index in [9.17, 15) is 14.4 Å². The molecule has 1 aliphatic rings. The van der Waals surface area contributed by atoms with Gasteiger partial charge in [-0.1, -0.05) is 44.7 Å². The van der Waals surface area contributed by atoms with Gasteiger partial charge in [-0.25, -0.2) is 9.78 Å². The number of amides is 1. The predicted octanol–water partition coefficient (Wildman–Crippen LogP) is 5.93. The molecule has 0 saturated carbocycles. The number of para-hydroxylation sites is 1. The van der Waals surface area contributed by atoms with Crippen molar-refractivity contribution in [2.45, 2.75) is 72.0 Å². The van der Waals surface area contributed by atoms with Crippen molar-refractivity contribution in [3.05, 3.63) is 50.6 Å². The highest BCUT2D eigenvalue weighted by Crippen LogP contribution is 2.44. The number of hydrogen-bond donors (Lipinski definition) is 1. The molecule has 1 aromatic carbocycles. The molecule has 2 aromatic heterocycles. The summed E-state index contributed by atoms with van der Waals surface area (Å²) in [6.07, 6.45) is 2.97. The number of thioether (sulfide) groups is 1. The topological polar surface area (TPSA) is 90.3 Å². The third-order valence-corrected chi connectivity index (χ3v) is 9.07. The predicted molar refractivity (Wildman–Crippen MR) is 151 cm³/mol. The molecular weight excluding hydrogens is 506 g/mol. The van der Waals surface area contributed by atoms with Crippen molar-refractivity contribution >= 4 is 50.9 Å². The summed E-state index contributed by atoms with van der Waals surface area (Å²) >= 11 is 2.90. The van der Waals surface area contributed by atoms with E-state index >= 15 is 0 Å². The Morgan fingerprint density at radius 3 is 2.70 bits per heavy atom. The summed E-state index contributed by atoms with van der Waals surface area (Å²) in [4.78, 5) is 44.5. The Bertz CT molecular complexity index is 1370. The number of carbonyl (C=O) groups is 2. The summed E-state index contributed by atoms with van der Waals surface area (Å²) in [5.74, 6) is 0.448. The molecule has 4 rings (SSSR count). The number of anilines is 1. The molecule has 0 bridgehead atoms. The van der Waals surface area contributed by atoms with Crippen LogP contribution in [0.1, 0.15) is 68.3 Å². The van der Waals surface area contributed by atoms with Crippen molar-refractivity contribution in [1.82, 2.24) is 9.55 Å². The van der Waals surface area contributed by atoms with Gasteiger partial charge in [0.2, 0.25) is 5.91 Å². The number of hydrogen-bond acceptors (Lipinski definition) is 7. The number of ether oxygens (including phenoxy) is 1. The van der Waals surface area contributed by atoms with Gasteiger partial charge < -0.3 is 10.1 Å². The number of nitrogens with zero attached hydrogens (tertiary/aromatic N) is 2. The van der Waals surface area contributed by atoms with Gasteiger partial charge in [-0.15, -0.1) is 11.3 Å². The zero-order valence-corrected chi connectivity index (χ0v) is 23.8. The number of rotatable bonds is 8. The fourth-order valence-electron chi connectivity index (χ4n) is 4.79. The van der Waals surface area contributed by atoms with Crippen molar-refractivity contribution in [2.75, 3.05) is 17.7 Å². The van der Waals surface area contributed by atoms with Crippen LogP contribution in [0.15, 0.2) is 34.2 Å². The van der Waals surface area contributed by atoms with Crippen LogP contribution in [0.4, 0.5) is 5.00 Å². The molecule has 0 aliphatic heterocycles. The monoisotopic (exact) mass is 541 g/mol. The molecule has 1 atom stereocenters. The largest absolute Gasteiger partial charge is 0.462 e. The highest BCUT2D eigenvalue weighted by Gasteiger charge is 2.34. The van der Waals surface area contributed by atoms with E-state index in [1.54, 1.807) is 17.6 Å². The molecule has 9 heteroatoms. The molecule has 0 fully saturated rings. The van der Waals surface area contributed by atoms with E-state index in [1.807, 2.05) is 25.1 Å². The lowest BCUT2D eigenvalue weighted by atomic mass is 9.72. The summed E-state index contributed by atoms with van der Waals surface area (Å²) in [5.41, 5.74) is 2.31. The zero-order valence-electron chi connectivity index (χ0n) is 22.2. The first-order chi connectivity index (χ1) is 17.6. The maximum atomic E-state index is 12.9. The maximum Gasteiger partial charge on any atom is 0.341 e. The Labute approximate surface area is 226 Å². The number of nitrogens with one attached hydrogen (secondary N) is 1. The molecule has 198 valence electrons. The molecule has 2 heterocycles. The van der Waals surface area contributed by atoms with Crippen molar-refractivity contribution in [2.24, 2.45) is 11.3 Å². The fraction of sp³-hybridized carbons (Fsp3) is 0.500. The molecule has 1 unspecified atom stereocenters. The molecule has 7 nitrogen and oxygen atoms in total. The molecule has 3 aromatic rings. The number of thiophene rings is 1. The van der Waals surface area contributed by atoms with Crippen LogP contribution in [0, 0.1) is 11.3 Å². The number of aromatic nitrogens is 2. The first-order valence-electron chi connectivity index (χ1n) is 12.9. The molecule has 0 saturated heterocycles. The van der Waals surface area contributed by atoms with E-state index in [0.717, 1.165) is 24.8 Å². The van der Waals surface area contributed by atoms with Crippen LogP contribution in [0.5, 0.6) is 0 Å². The molecule has 1 amide bonds. The van der Waals surface area contributed by atoms with Gasteiger partial charge in [-0.05, 0) is 62.1 Å². The number of esters is 1. The third kappa shape index (κ3) is 5.93. The van der Waals surface area contributed by atoms with E-state index in [1.165, 1.54) is 28.0 Å². The van der Waals surface area contributed by atoms with Crippen LogP contribution >= 0.6 is 23.1 Å². The van der Waals surface area contributed by atoms with Crippen LogP contribution in [-0.2, 0) is 28.9 Å². The first-order valence-corrected chi connectivity index (χ1v) is 14.7. The summed E-state index contributed by atoms with van der Waals surface area (Å²) in [6, 6.07) is 7.30. The Balaban J connectivity index is 1.49. The van der Waals surface area contributed by atoms with E-state index in [0.29, 0.717) is 44.8 Å². The lowest BCUT2D eigenvalue weighted by Crippen LogP contribution is -2.26. The van der Waals surface area contributed by atoms with Crippen LogP contribution in [0.2, 0.25) is 0 Å². The van der Waals surface area contributed by atoms with E-state index < -0.39 is 0 Å². The van der Waals surface area contributed by atoms with Crippen molar-refractivity contribution in [3.63, 3.8) is 0 Å². The quantitative estimate of drug-likeness (QED) is 0.216. The molecule has 37 heavy (non-hydrogen) atoms. The van der Waals surface area contributed by atoms with Gasteiger partial charge in [-0.2, -0.15) is 0 Å². The van der Waals surface area contributed by atoms with E-state index in [-0.39, 0.29) is 35.9 Å². The van der Waals surface area contributed by atoms with E-state index in [2.05, 4.69) is 31.1 Å². The van der Waals surface area contributed by atoms with E-state index in [4.69, 9.17) is 4.74 Å². The second-order valence-electron chi connectivity index (χ2n) is 10.3. The average molecular weight is 542 g/mol. The first kappa shape index (κ1) is 27.4. The molecule has 1 N–H and O–H groups in total. The second-order valence-corrected chi connectivity index (χ2v) is 12.5. The Kier molecular flexibility index (Phi) is 8.43. The van der Waals surface area contributed by atoms with Crippen molar-refractivity contribution in [3.8, 4) is 0 Å². The fourth-order valence-corrected chi connectivity index (χ4v) is 7.13. The highest BCUT2D eigenvalue weighted by atomic mass is 32.2. The lowest BCUT2D eigenvalue weighted by Gasteiger charge is -2.33. The third-order valence-electron chi connectivity index (χ3n) is 6.93. The van der Waals surface area contributed by atoms with Gasteiger partial charge in [0, 0.05) is 23.6 Å². The minimum Gasteiger partial charge on any atom is -0.462 e. The van der Waals surface area contributed by atoms with Crippen LogP contribution in [-0.4, -0.2) is 33.8 Å². The van der Waals surface area contributed by atoms with Gasteiger partial charge in [0.15, 0.2) is 5.16 Å². The van der Waals surface area contributed by atoms with Crippen LogP contribution in [0.3, 0.4) is 0 Å². The van der Waals surface area contributed by atoms with Crippen LogP contribution in [0.25, 0.3) is 10.9 Å². The SMILES string of the molecule is CCOC(=O)c1c(NC(=O)CCSc2nc3ccccc3c(=O)n2CC)sc2c1CCC(C(C)(C)C)C2. The molecule has 1 aliphatic carbocycles. The normalized spacial score (nSPS) is 15.4. The van der Waals surface area contributed by atoms with Crippen molar-refractivity contribution in [1.29, 1.82) is 0 Å². The summed E-state index contributed by atoms with van der Waals surface area (Å²) < 4.78 is 6.99. The standard InChI is InChI=1S/C28H35N3O4S2/c1-6-31-25(33)18-10-8-9-11-20(18)29-27(31)36-15-14-22(32)30-24-23(26(34)35-7-2)19-13-12-17(28(3,4)5)16-21(19)37-24/h8-11,17H,6-7,12-16H2,1-5H3,(H,30,32). The van der Waals surface area contributed by atoms with Gasteiger partial charge in [0.1, 0.15) is 5.00 Å². The maximum absolute atomic E-state index is 12.9. The number of benzene rings is 1. The zero-order chi connectivity index (χ0) is 26.7. The Morgan fingerprint density at radius 1 is 1.24 bits per heavy atom. The smallest absolute Gasteiger partial charge is 0.341 e. The van der Waals surface area contributed by atoms with Gasteiger partial charge in [-0.3, -0.25) is 14.2 Å². The number of carbonyl (C=O) groups excluding carboxylic acids is 2. The highest BCUT2D eigenvalue weighted by molar-refractivity contribution is 7.99. The van der Waals surface area contributed by atoms with Gasteiger partial charge in [0.25, 0.3) is 5.56 Å². The minimum atomic E-state index is -0.369. The summed E-state index contributed by atoms with van der Waals surface area (Å²) in [7, 11) is 0. The molecule has 0 spiro atoms. The van der Waals surface area contributed by atoms with Crippen molar-refractivity contribution < 1.29 is 14.3 Å². The minimum absolute atomic E-state index is 0.0724. The second kappa shape index (κ2) is 11.4. The molecule has 0 radical (unpaired) electrons. The summed E-state index contributed by atoms with van der Waals surface area (Å²) in [6.45, 7) is 11.3. The Morgan fingerprint density at radius 2 is 2.00 bits per heavy atom.